The van der Waals surface area contributed by atoms with Gasteiger partial charge in [0.1, 0.15) is 0 Å². The van der Waals surface area contributed by atoms with E-state index in [9.17, 15) is 0 Å². The van der Waals surface area contributed by atoms with Crippen LogP contribution in [0.15, 0.2) is 146 Å². The number of aromatic nitrogens is 4. The van der Waals surface area contributed by atoms with Gasteiger partial charge in [-0.15, -0.1) is 0 Å². The average molecular weight is 676 g/mol. The molecule has 2 aromatic heterocycles. The first kappa shape index (κ1) is 25.4. The summed E-state index contributed by atoms with van der Waals surface area (Å²) in [6.07, 6.45) is 0. The molecule has 6 aromatic carbocycles. The average Bonchev–Trinajstić information content (AvgIpc) is 3.64. The van der Waals surface area contributed by atoms with Gasteiger partial charge in [0.2, 0.25) is 0 Å². The van der Waals surface area contributed by atoms with Gasteiger partial charge in [-0.25, -0.2) is 0 Å². The third-order valence-corrected chi connectivity index (χ3v) is 11.5. The van der Waals surface area contributed by atoms with Crippen molar-refractivity contribution in [1.29, 1.82) is 0 Å². The van der Waals surface area contributed by atoms with Crippen LogP contribution in [-0.2, 0) is 0 Å². The van der Waals surface area contributed by atoms with Crippen LogP contribution >= 0.6 is 0 Å². The topological polar surface area (TPSA) is 43.6 Å². The Morgan fingerprint density at radius 1 is 0.432 bits per heavy atom. The predicted octanol–water partition coefficient (Wildman–Crippen LogP) is 6.08. The Morgan fingerprint density at radius 3 is 1.82 bits per heavy atom. The van der Waals surface area contributed by atoms with Crippen LogP contribution in [0.2, 0.25) is 0 Å². The molecule has 0 saturated heterocycles. The van der Waals surface area contributed by atoms with E-state index in [4.69, 9.17) is 15.0 Å². The fourth-order valence-corrected chi connectivity index (χ4v) is 9.45. The molecule has 208 valence electrons. The van der Waals surface area contributed by atoms with Crippen LogP contribution in [0, 0.1) is 7.14 Å². The molecule has 0 unspecified atom stereocenters. The third kappa shape index (κ3) is 4.07. The second kappa shape index (κ2) is 10.2. The quantitative estimate of drug-likeness (QED) is 0.213. The number of para-hydroxylation sites is 1. The van der Waals surface area contributed by atoms with E-state index in [1.807, 2.05) is 36.4 Å². The third-order valence-electron chi connectivity index (χ3n) is 8.23. The normalized spacial score (nSPS) is 12.2. The fraction of sp³-hybridized carbons (Fsp3) is 0. The Bertz CT molecular complexity index is 2300. The maximum atomic E-state index is 5.11. The Morgan fingerprint density at radius 2 is 1.05 bits per heavy atom. The van der Waals surface area contributed by atoms with Gasteiger partial charge in [0.15, 0.2) is 0 Å². The van der Waals surface area contributed by atoms with Crippen LogP contribution in [0.4, 0.5) is 0 Å². The van der Waals surface area contributed by atoms with Gasteiger partial charge in [0, 0.05) is 0 Å². The fourth-order valence-electron chi connectivity index (χ4n) is 6.18. The molecule has 8 aromatic rings. The van der Waals surface area contributed by atoms with Crippen molar-refractivity contribution in [3.05, 3.63) is 153 Å². The van der Waals surface area contributed by atoms with E-state index < -0.39 is 0 Å². The van der Waals surface area contributed by atoms with Gasteiger partial charge in [0.25, 0.3) is 0 Å². The minimum absolute atomic E-state index is 0.262. The second-order valence-corrected chi connectivity index (χ2v) is 13.6. The zero-order valence-corrected chi connectivity index (χ0v) is 25.7. The van der Waals surface area contributed by atoms with Gasteiger partial charge in [-0.2, -0.15) is 0 Å². The number of hydrogen-bond donors (Lipinski definition) is 0. The van der Waals surface area contributed by atoms with Gasteiger partial charge in [-0.1, -0.05) is 12.1 Å². The van der Waals surface area contributed by atoms with Crippen LogP contribution in [0.3, 0.4) is 0 Å². The molecule has 0 fully saturated rings. The second-order valence-electron chi connectivity index (χ2n) is 10.8. The van der Waals surface area contributed by atoms with Gasteiger partial charge < -0.3 is 0 Å². The van der Waals surface area contributed by atoms with Gasteiger partial charge in [0.05, 0.1) is 0 Å². The first-order chi connectivity index (χ1) is 21.8. The van der Waals surface area contributed by atoms with E-state index >= 15 is 0 Å². The number of fused-ring (bicyclic) bond motifs is 6. The van der Waals surface area contributed by atoms with Crippen molar-refractivity contribution in [2.24, 2.45) is 0 Å². The summed E-state index contributed by atoms with van der Waals surface area (Å²) in [4.78, 5) is 15.1. The van der Waals surface area contributed by atoms with Crippen LogP contribution in [0.1, 0.15) is 0 Å². The van der Waals surface area contributed by atoms with Crippen LogP contribution in [0.5, 0.6) is 0 Å². The van der Waals surface area contributed by atoms with Crippen molar-refractivity contribution in [1.82, 2.24) is 19.5 Å². The summed E-state index contributed by atoms with van der Waals surface area (Å²) in [6.45, 7) is 0. The molecule has 9 rings (SSSR count). The number of halogens is 1. The monoisotopic (exact) mass is 675 g/mol. The molecular formula is C39H24IN4-. The van der Waals surface area contributed by atoms with Crippen LogP contribution in [-0.4, -0.2) is 19.5 Å². The molecule has 4 nitrogen and oxygen atoms in total. The number of benzene rings is 6. The molecule has 0 radical (unpaired) electrons. The number of nitrogens with zero attached hydrogens (tertiary/aromatic N) is 4. The zero-order valence-electron chi connectivity index (χ0n) is 23.5. The summed E-state index contributed by atoms with van der Waals surface area (Å²) in [7, 11) is 0. The Labute approximate surface area is 265 Å². The molecule has 0 bridgehead atoms. The summed E-state index contributed by atoms with van der Waals surface area (Å²) >= 11 is -0.262. The van der Waals surface area contributed by atoms with Crippen molar-refractivity contribution >= 4 is 21.8 Å². The summed E-state index contributed by atoms with van der Waals surface area (Å²) in [6, 6.07) is 51.3. The predicted molar refractivity (Wildman–Crippen MR) is 173 cm³/mol. The molecule has 1 aliphatic heterocycles. The van der Waals surface area contributed by atoms with Crippen molar-refractivity contribution in [2.75, 3.05) is 0 Å². The Balaban J connectivity index is 1.30. The molecular weight excluding hydrogens is 651 g/mol. The van der Waals surface area contributed by atoms with E-state index in [-0.39, 0.29) is 21.2 Å². The maximum absolute atomic E-state index is 5.11. The minimum atomic E-state index is -0.262. The molecule has 0 aliphatic carbocycles. The molecule has 1 aliphatic rings. The summed E-state index contributed by atoms with van der Waals surface area (Å²) in [5.74, 6) is 1.92. The van der Waals surface area contributed by atoms with E-state index in [1.54, 1.807) is 0 Å². The van der Waals surface area contributed by atoms with Gasteiger partial charge in [-0.05, 0) is 0 Å². The molecule has 0 N–H and O–H groups in total. The van der Waals surface area contributed by atoms with E-state index in [0.29, 0.717) is 17.6 Å². The molecule has 0 amide bonds. The molecule has 5 heteroatoms. The van der Waals surface area contributed by atoms with Crippen LogP contribution < -0.4 is 21.2 Å². The van der Waals surface area contributed by atoms with Crippen molar-refractivity contribution in [2.45, 2.75) is 0 Å². The van der Waals surface area contributed by atoms with Crippen molar-refractivity contribution in [3.8, 4) is 51.0 Å². The summed E-state index contributed by atoms with van der Waals surface area (Å²) in [5, 5.41) is 2.35. The Kier molecular flexibility index (Phi) is 5.91. The SMILES string of the molecule is c1ccc(-c2nc(-c3ccccc3)nc(-n3c4ccccc4c4ccc(-c5cccc6c5[I-]c5ccccc5-6)cc43)n2)cc1. The Hall–Kier alpha value is -5.14. The first-order valence-corrected chi connectivity index (χ1v) is 16.8. The number of hydrogen-bond acceptors (Lipinski definition) is 3. The first-order valence-electron chi connectivity index (χ1n) is 14.6. The number of rotatable bonds is 4. The van der Waals surface area contributed by atoms with E-state index in [0.717, 1.165) is 22.2 Å². The molecule has 0 spiro atoms. The van der Waals surface area contributed by atoms with E-state index in [1.165, 1.54) is 40.2 Å². The summed E-state index contributed by atoms with van der Waals surface area (Å²) in [5.41, 5.74) is 9.36. The molecule has 44 heavy (non-hydrogen) atoms. The van der Waals surface area contributed by atoms with Gasteiger partial charge >= 0.3 is 254 Å². The van der Waals surface area contributed by atoms with E-state index in [2.05, 4.69) is 114 Å². The zero-order chi connectivity index (χ0) is 29.0. The molecule has 0 atom stereocenters. The van der Waals surface area contributed by atoms with Crippen molar-refractivity contribution < 1.29 is 21.2 Å². The van der Waals surface area contributed by atoms with Crippen LogP contribution in [0.25, 0.3) is 72.8 Å². The molecule has 3 heterocycles. The standard InChI is InChI=1S/C39H24IN4/c1-3-12-25(13-4-1)37-41-38(26-14-5-2-6-15-26)43-39(42-37)44-34-21-10-8-17-30(34)31-23-22-27(24-35(31)44)28-18-11-19-32-29-16-7-9-20-33(29)40-36(28)32/h1-24H/q-1. The van der Waals surface area contributed by atoms with Crippen molar-refractivity contribution in [3.63, 3.8) is 0 Å². The summed E-state index contributed by atoms with van der Waals surface area (Å²) < 4.78 is 5.20. The molecule has 0 saturated carbocycles. The van der Waals surface area contributed by atoms with Gasteiger partial charge in [-0.3, -0.25) is 0 Å².